The van der Waals surface area contributed by atoms with Gasteiger partial charge in [0.05, 0.1) is 23.2 Å². The lowest BCUT2D eigenvalue weighted by Gasteiger charge is -2.27. The molecule has 0 fully saturated rings. The van der Waals surface area contributed by atoms with Crippen LogP contribution in [-0.2, 0) is 13.0 Å². The zero-order valence-electron chi connectivity index (χ0n) is 15.1. The number of Topliss-reactive ketones (excluding diaryl/α,β-unsaturated/α-hetero) is 1. The monoisotopic (exact) mass is 381 g/mol. The summed E-state index contributed by atoms with van der Waals surface area (Å²) in [6.45, 7) is 2.62. The van der Waals surface area contributed by atoms with Crippen LogP contribution in [0.5, 0.6) is 5.75 Å². The van der Waals surface area contributed by atoms with Crippen molar-refractivity contribution in [1.29, 1.82) is 0 Å². The van der Waals surface area contributed by atoms with Gasteiger partial charge in [0.1, 0.15) is 5.75 Å². The average molecular weight is 381 g/mol. The third-order valence-electron chi connectivity index (χ3n) is 4.76. The maximum atomic E-state index is 12.9. The molecule has 3 heterocycles. The molecule has 138 valence electrons. The molecule has 27 heavy (non-hydrogen) atoms. The van der Waals surface area contributed by atoms with E-state index in [-0.39, 0.29) is 11.7 Å². The number of fused-ring (bicyclic) bond motifs is 1. The number of aromatic amines is 1. The van der Waals surface area contributed by atoms with Gasteiger partial charge < -0.3 is 9.64 Å². The number of carbonyl (C=O) groups is 2. The van der Waals surface area contributed by atoms with Gasteiger partial charge in [-0.2, -0.15) is 5.10 Å². The molecule has 1 N–H and O–H groups in total. The van der Waals surface area contributed by atoms with Crippen molar-refractivity contribution in [3.63, 3.8) is 0 Å². The van der Waals surface area contributed by atoms with E-state index >= 15 is 0 Å². The maximum absolute atomic E-state index is 12.9. The first-order valence-electron chi connectivity index (χ1n) is 8.66. The highest BCUT2D eigenvalue weighted by molar-refractivity contribution is 7.12. The topological polar surface area (TPSA) is 75.3 Å². The first-order valence-corrected chi connectivity index (χ1v) is 9.54. The van der Waals surface area contributed by atoms with Gasteiger partial charge in [0.15, 0.2) is 5.78 Å². The second-order valence-corrected chi connectivity index (χ2v) is 7.41. The molecule has 1 aliphatic heterocycles. The molecule has 1 aromatic carbocycles. The van der Waals surface area contributed by atoms with Crippen LogP contribution in [0.4, 0.5) is 0 Å². The number of rotatable bonds is 4. The van der Waals surface area contributed by atoms with Crippen molar-refractivity contribution < 1.29 is 14.3 Å². The maximum Gasteiger partial charge on any atom is 0.255 e. The summed E-state index contributed by atoms with van der Waals surface area (Å²) < 4.78 is 5.31. The predicted octanol–water partition coefficient (Wildman–Crippen LogP) is 3.55. The summed E-state index contributed by atoms with van der Waals surface area (Å²) in [6, 6.07) is 9.42. The van der Waals surface area contributed by atoms with E-state index in [9.17, 15) is 9.59 Å². The minimum Gasteiger partial charge on any atom is -0.497 e. The molecule has 0 aliphatic carbocycles. The second kappa shape index (κ2) is 7.00. The fraction of sp³-hybridized carbons (Fsp3) is 0.250. The number of ketones is 1. The number of amides is 1. The fourth-order valence-electron chi connectivity index (χ4n) is 3.29. The number of thiophene rings is 1. The number of methoxy groups -OCH3 is 1. The van der Waals surface area contributed by atoms with Gasteiger partial charge in [-0.05, 0) is 25.1 Å². The normalized spacial score (nSPS) is 13.3. The molecule has 0 unspecified atom stereocenters. The Morgan fingerprint density at radius 1 is 1.30 bits per heavy atom. The van der Waals surface area contributed by atoms with Gasteiger partial charge in [0.2, 0.25) is 0 Å². The van der Waals surface area contributed by atoms with Gasteiger partial charge in [-0.15, -0.1) is 11.3 Å². The summed E-state index contributed by atoms with van der Waals surface area (Å²) in [7, 11) is 1.63. The average Bonchev–Trinajstić information content (AvgIpc) is 3.34. The molecule has 2 aromatic heterocycles. The molecule has 1 aliphatic rings. The number of aromatic nitrogens is 2. The van der Waals surface area contributed by atoms with Crippen LogP contribution in [0.25, 0.3) is 11.3 Å². The summed E-state index contributed by atoms with van der Waals surface area (Å²) in [5.74, 6) is 0.695. The SMILES string of the molecule is COc1cccc(-c2n[nH]c3c2CN(C(=O)c2csc(C(C)=O)c2)CC3)c1. The molecule has 0 spiro atoms. The van der Waals surface area contributed by atoms with Crippen molar-refractivity contribution in [2.75, 3.05) is 13.7 Å². The van der Waals surface area contributed by atoms with E-state index < -0.39 is 0 Å². The highest BCUT2D eigenvalue weighted by Gasteiger charge is 2.27. The molecule has 0 radical (unpaired) electrons. The zero-order valence-corrected chi connectivity index (χ0v) is 15.9. The van der Waals surface area contributed by atoms with Crippen LogP contribution in [0.1, 0.15) is 38.2 Å². The number of ether oxygens (including phenoxy) is 1. The Morgan fingerprint density at radius 2 is 2.15 bits per heavy atom. The third kappa shape index (κ3) is 3.26. The van der Waals surface area contributed by atoms with E-state index in [1.165, 1.54) is 18.3 Å². The van der Waals surface area contributed by atoms with Gasteiger partial charge in [-0.1, -0.05) is 12.1 Å². The summed E-state index contributed by atoms with van der Waals surface area (Å²) in [5.41, 5.74) is 4.46. The van der Waals surface area contributed by atoms with Crippen molar-refractivity contribution in [1.82, 2.24) is 15.1 Å². The Morgan fingerprint density at radius 3 is 2.89 bits per heavy atom. The van der Waals surface area contributed by atoms with Gasteiger partial charge in [0.25, 0.3) is 5.91 Å². The highest BCUT2D eigenvalue weighted by Crippen LogP contribution is 2.31. The first kappa shape index (κ1) is 17.5. The Labute approximate surface area is 160 Å². The number of carbonyl (C=O) groups excluding carboxylic acids is 2. The summed E-state index contributed by atoms with van der Waals surface area (Å²) >= 11 is 1.31. The Hall–Kier alpha value is -2.93. The lowest BCUT2D eigenvalue weighted by Crippen LogP contribution is -2.35. The second-order valence-electron chi connectivity index (χ2n) is 6.49. The smallest absolute Gasteiger partial charge is 0.255 e. The molecule has 0 saturated heterocycles. The van der Waals surface area contributed by atoms with E-state index in [0.717, 1.165) is 34.7 Å². The number of nitrogens with zero attached hydrogens (tertiary/aromatic N) is 2. The van der Waals surface area contributed by atoms with Crippen LogP contribution >= 0.6 is 11.3 Å². The van der Waals surface area contributed by atoms with Crippen LogP contribution in [-0.4, -0.2) is 40.4 Å². The van der Waals surface area contributed by atoms with E-state index in [2.05, 4.69) is 10.2 Å². The molecule has 0 bridgehead atoms. The number of hydrogen-bond donors (Lipinski definition) is 1. The predicted molar refractivity (Wildman–Crippen MR) is 103 cm³/mol. The largest absolute Gasteiger partial charge is 0.497 e. The molecule has 6 nitrogen and oxygen atoms in total. The van der Waals surface area contributed by atoms with E-state index in [1.807, 2.05) is 29.2 Å². The van der Waals surface area contributed by atoms with Gasteiger partial charge >= 0.3 is 0 Å². The summed E-state index contributed by atoms with van der Waals surface area (Å²) in [5, 5.41) is 9.34. The number of benzene rings is 1. The number of H-pyrrole nitrogens is 1. The van der Waals surface area contributed by atoms with Crippen LogP contribution in [0.15, 0.2) is 35.7 Å². The van der Waals surface area contributed by atoms with Gasteiger partial charge in [0, 0.05) is 41.7 Å². The Bertz CT molecular complexity index is 1020. The van der Waals surface area contributed by atoms with Crippen LogP contribution in [0, 0.1) is 0 Å². The van der Waals surface area contributed by atoms with Crippen molar-refractivity contribution in [3.8, 4) is 17.0 Å². The lowest BCUT2D eigenvalue weighted by atomic mass is 10.0. The molecule has 3 aromatic rings. The third-order valence-corrected chi connectivity index (χ3v) is 5.79. The number of nitrogens with one attached hydrogen (secondary N) is 1. The minimum absolute atomic E-state index is 0.0184. The van der Waals surface area contributed by atoms with E-state index in [0.29, 0.717) is 23.5 Å². The fourth-order valence-corrected chi connectivity index (χ4v) is 4.08. The molecule has 0 atom stereocenters. The number of hydrogen-bond acceptors (Lipinski definition) is 5. The van der Waals surface area contributed by atoms with Gasteiger partial charge in [-0.25, -0.2) is 0 Å². The summed E-state index contributed by atoms with van der Waals surface area (Å²) in [4.78, 5) is 26.8. The molecule has 4 rings (SSSR count). The van der Waals surface area contributed by atoms with Gasteiger partial charge in [-0.3, -0.25) is 14.7 Å². The van der Waals surface area contributed by atoms with E-state index in [1.54, 1.807) is 18.6 Å². The zero-order chi connectivity index (χ0) is 19.0. The van der Waals surface area contributed by atoms with Crippen molar-refractivity contribution in [2.45, 2.75) is 19.9 Å². The van der Waals surface area contributed by atoms with Crippen LogP contribution in [0.2, 0.25) is 0 Å². The molecule has 1 amide bonds. The Balaban J connectivity index is 1.61. The highest BCUT2D eigenvalue weighted by atomic mass is 32.1. The first-order chi connectivity index (χ1) is 13.1. The van der Waals surface area contributed by atoms with Crippen molar-refractivity contribution in [3.05, 3.63) is 57.4 Å². The van der Waals surface area contributed by atoms with Crippen LogP contribution in [0.3, 0.4) is 0 Å². The molecule has 0 saturated carbocycles. The minimum atomic E-state index is -0.0535. The standard InChI is InChI=1S/C20H19N3O3S/c1-12(24)18-9-14(11-27-18)20(25)23-7-6-17-16(10-23)19(22-21-17)13-4-3-5-15(8-13)26-2/h3-5,8-9,11H,6-7,10H2,1-2H3,(H,21,22). The molecule has 7 heteroatoms. The summed E-state index contributed by atoms with van der Waals surface area (Å²) in [6.07, 6.45) is 0.724. The Kier molecular flexibility index (Phi) is 4.53. The van der Waals surface area contributed by atoms with Crippen LogP contribution < -0.4 is 4.74 Å². The van der Waals surface area contributed by atoms with E-state index in [4.69, 9.17) is 4.74 Å². The molecular formula is C20H19N3O3S. The lowest BCUT2D eigenvalue weighted by molar-refractivity contribution is 0.0735. The van der Waals surface area contributed by atoms with Crippen molar-refractivity contribution >= 4 is 23.0 Å². The van der Waals surface area contributed by atoms with Crippen molar-refractivity contribution in [2.24, 2.45) is 0 Å². The quantitative estimate of drug-likeness (QED) is 0.702. The molecular weight excluding hydrogens is 362 g/mol.